The van der Waals surface area contributed by atoms with Crippen molar-refractivity contribution < 1.29 is 27.6 Å². The lowest BCUT2D eigenvalue weighted by atomic mass is 9.90. The van der Waals surface area contributed by atoms with Gasteiger partial charge in [-0.05, 0) is 47.5 Å². The highest BCUT2D eigenvalue weighted by molar-refractivity contribution is 6.30. The van der Waals surface area contributed by atoms with E-state index in [1.54, 1.807) is 24.3 Å². The second-order valence-electron chi connectivity index (χ2n) is 8.17. The van der Waals surface area contributed by atoms with E-state index in [9.17, 15) is 22.8 Å². The van der Waals surface area contributed by atoms with Crippen LogP contribution in [-0.4, -0.2) is 22.8 Å². The topological polar surface area (TPSA) is 49.9 Å². The second kappa shape index (κ2) is 8.45. The first kappa shape index (κ1) is 22.4. The molecule has 0 aliphatic carbocycles. The summed E-state index contributed by atoms with van der Waals surface area (Å²) in [6, 6.07) is 19.4. The lowest BCUT2D eigenvalue weighted by Crippen LogP contribution is -2.37. The summed E-state index contributed by atoms with van der Waals surface area (Å²) in [5.41, 5.74) is 0.936. The van der Waals surface area contributed by atoms with E-state index in [4.69, 9.17) is 16.4 Å². The summed E-state index contributed by atoms with van der Waals surface area (Å²) >= 11 is 5.99. The van der Waals surface area contributed by atoms with E-state index in [1.165, 1.54) is 17.2 Å². The van der Waals surface area contributed by atoms with E-state index >= 15 is 0 Å². The number of hydrogen-bond acceptors (Lipinski definition) is 4. The molecule has 2 aliphatic heterocycles. The molecule has 3 aromatic rings. The third kappa shape index (κ3) is 3.93. The maximum atomic E-state index is 13.4. The molecule has 2 fully saturated rings. The number of carbonyl (C=O) groups excluding carboxylic acids is 2. The van der Waals surface area contributed by atoms with E-state index < -0.39 is 41.6 Å². The highest BCUT2D eigenvalue weighted by Gasteiger charge is 2.59. The summed E-state index contributed by atoms with van der Waals surface area (Å²) in [4.78, 5) is 33.8. The molecule has 34 heavy (non-hydrogen) atoms. The van der Waals surface area contributed by atoms with Gasteiger partial charge in [-0.2, -0.15) is 13.2 Å². The van der Waals surface area contributed by atoms with Crippen LogP contribution < -0.4 is 5.06 Å². The number of nitrogens with zero attached hydrogens (tertiary/aromatic N) is 2. The number of imide groups is 1. The summed E-state index contributed by atoms with van der Waals surface area (Å²) in [6.07, 6.45) is -5.58. The average Bonchev–Trinajstić information content (AvgIpc) is 3.32. The van der Waals surface area contributed by atoms with Gasteiger partial charge in [-0.1, -0.05) is 54.1 Å². The molecule has 0 radical (unpaired) electrons. The number of benzene rings is 3. The SMILES string of the molecule is O=C1[C@H]2[C@H](ON(c3ccc(Cl)cc3)[C@@H]2c2ccc(C(F)(F)F)cc2)C(=O)N1Cc1ccccc1. The van der Waals surface area contributed by atoms with Crippen LogP contribution in [0.5, 0.6) is 0 Å². The summed E-state index contributed by atoms with van der Waals surface area (Å²) in [6.45, 7) is 0.0928. The number of hydrogen-bond donors (Lipinski definition) is 0. The van der Waals surface area contributed by atoms with Crippen molar-refractivity contribution in [1.82, 2.24) is 4.90 Å². The molecule has 2 amide bonds. The molecule has 3 aromatic carbocycles. The molecule has 9 heteroatoms. The number of alkyl halides is 3. The van der Waals surface area contributed by atoms with Crippen LogP contribution in [0.15, 0.2) is 78.9 Å². The maximum absolute atomic E-state index is 13.4. The number of halogens is 4. The van der Waals surface area contributed by atoms with E-state index in [0.29, 0.717) is 16.3 Å². The number of anilines is 1. The minimum atomic E-state index is -4.49. The molecule has 0 N–H and O–H groups in total. The molecule has 0 saturated carbocycles. The molecule has 5 rings (SSSR count). The normalized spacial score (nSPS) is 22.4. The van der Waals surface area contributed by atoms with Crippen molar-refractivity contribution in [3.63, 3.8) is 0 Å². The van der Waals surface area contributed by atoms with Gasteiger partial charge < -0.3 is 0 Å². The summed E-state index contributed by atoms with van der Waals surface area (Å²) < 4.78 is 39.3. The molecular weight excluding hydrogens is 469 g/mol. The molecule has 0 spiro atoms. The van der Waals surface area contributed by atoms with Crippen LogP contribution in [0, 0.1) is 5.92 Å². The highest BCUT2D eigenvalue weighted by atomic mass is 35.5. The Morgan fingerprint density at radius 2 is 1.50 bits per heavy atom. The number of carbonyl (C=O) groups is 2. The van der Waals surface area contributed by atoms with Gasteiger partial charge in [0, 0.05) is 5.02 Å². The first-order valence-corrected chi connectivity index (χ1v) is 10.9. The Balaban J connectivity index is 1.52. The maximum Gasteiger partial charge on any atom is 0.416 e. The summed E-state index contributed by atoms with van der Waals surface area (Å²) in [5.74, 6) is -1.82. The molecular formula is C25H18ClF3N2O3. The molecule has 5 nitrogen and oxygen atoms in total. The third-order valence-corrected chi connectivity index (χ3v) is 6.30. The molecule has 0 unspecified atom stereocenters. The third-order valence-electron chi connectivity index (χ3n) is 6.05. The van der Waals surface area contributed by atoms with Crippen LogP contribution in [-0.2, 0) is 27.1 Å². The Kier molecular flexibility index (Phi) is 5.58. The van der Waals surface area contributed by atoms with Crippen molar-refractivity contribution >= 4 is 29.1 Å². The monoisotopic (exact) mass is 486 g/mol. The minimum Gasteiger partial charge on any atom is -0.275 e. The van der Waals surface area contributed by atoms with Gasteiger partial charge in [0.15, 0.2) is 6.10 Å². The number of likely N-dealkylation sites (tertiary alicyclic amines) is 1. The lowest BCUT2D eigenvalue weighted by molar-refractivity contribution is -0.144. The zero-order valence-electron chi connectivity index (χ0n) is 17.6. The first-order chi connectivity index (χ1) is 16.2. The summed E-state index contributed by atoms with van der Waals surface area (Å²) in [7, 11) is 0. The molecule has 0 bridgehead atoms. The Bertz CT molecular complexity index is 1220. The van der Waals surface area contributed by atoms with Crippen molar-refractivity contribution in [2.24, 2.45) is 5.92 Å². The van der Waals surface area contributed by atoms with E-state index in [1.807, 2.05) is 30.3 Å². The van der Waals surface area contributed by atoms with E-state index in [-0.39, 0.29) is 6.54 Å². The van der Waals surface area contributed by atoms with Crippen LogP contribution in [0.25, 0.3) is 0 Å². The van der Waals surface area contributed by atoms with Gasteiger partial charge in [0.25, 0.3) is 5.91 Å². The Morgan fingerprint density at radius 3 is 2.12 bits per heavy atom. The molecule has 2 heterocycles. The van der Waals surface area contributed by atoms with E-state index in [2.05, 4.69) is 0 Å². The molecule has 2 aliphatic rings. The van der Waals surface area contributed by atoms with Gasteiger partial charge in [-0.25, -0.2) is 5.06 Å². The quantitative estimate of drug-likeness (QED) is 0.463. The summed E-state index contributed by atoms with van der Waals surface area (Å²) in [5, 5.41) is 1.90. The van der Waals surface area contributed by atoms with Crippen molar-refractivity contribution in [2.45, 2.75) is 24.9 Å². The smallest absolute Gasteiger partial charge is 0.275 e. The van der Waals surface area contributed by atoms with Crippen LogP contribution in [0.2, 0.25) is 5.02 Å². The highest BCUT2D eigenvalue weighted by Crippen LogP contribution is 2.47. The minimum absolute atomic E-state index is 0.0928. The fourth-order valence-corrected chi connectivity index (χ4v) is 4.54. The van der Waals surface area contributed by atoms with Crippen molar-refractivity contribution in [2.75, 3.05) is 5.06 Å². The number of fused-ring (bicyclic) bond motifs is 1. The zero-order valence-corrected chi connectivity index (χ0v) is 18.3. The van der Waals surface area contributed by atoms with Crippen molar-refractivity contribution in [1.29, 1.82) is 0 Å². The predicted molar refractivity (Wildman–Crippen MR) is 118 cm³/mol. The van der Waals surface area contributed by atoms with Crippen LogP contribution in [0.3, 0.4) is 0 Å². The second-order valence-corrected chi connectivity index (χ2v) is 8.60. The molecule has 0 aromatic heterocycles. The lowest BCUT2D eigenvalue weighted by Gasteiger charge is -2.29. The van der Waals surface area contributed by atoms with Crippen LogP contribution in [0.1, 0.15) is 22.7 Å². The fourth-order valence-electron chi connectivity index (χ4n) is 4.41. The number of rotatable bonds is 4. The Hall–Kier alpha value is -3.36. The first-order valence-electron chi connectivity index (χ1n) is 10.5. The van der Waals surface area contributed by atoms with Gasteiger partial charge >= 0.3 is 6.18 Å². The van der Waals surface area contributed by atoms with Crippen LogP contribution in [0.4, 0.5) is 18.9 Å². The fraction of sp³-hybridized carbons (Fsp3) is 0.200. The molecule has 3 atom stereocenters. The number of amides is 2. The van der Waals surface area contributed by atoms with Gasteiger partial charge in [-0.15, -0.1) is 0 Å². The largest absolute Gasteiger partial charge is 0.416 e. The van der Waals surface area contributed by atoms with Crippen molar-refractivity contribution in [3.8, 4) is 0 Å². The van der Waals surface area contributed by atoms with Gasteiger partial charge in [0.2, 0.25) is 5.91 Å². The predicted octanol–water partition coefficient (Wildman–Crippen LogP) is 5.41. The Morgan fingerprint density at radius 1 is 0.853 bits per heavy atom. The number of hydroxylamine groups is 1. The molecule has 174 valence electrons. The van der Waals surface area contributed by atoms with Gasteiger partial charge in [0.1, 0.15) is 5.92 Å². The van der Waals surface area contributed by atoms with Gasteiger partial charge in [0.05, 0.1) is 23.8 Å². The van der Waals surface area contributed by atoms with Crippen molar-refractivity contribution in [3.05, 3.63) is 101 Å². The van der Waals surface area contributed by atoms with E-state index in [0.717, 1.165) is 22.6 Å². The average molecular weight is 487 g/mol. The Labute approximate surface area is 198 Å². The zero-order chi connectivity index (χ0) is 24.0. The van der Waals surface area contributed by atoms with Crippen LogP contribution >= 0.6 is 11.6 Å². The van der Waals surface area contributed by atoms with Gasteiger partial charge in [-0.3, -0.25) is 19.3 Å². The molecule has 2 saturated heterocycles. The standard InChI is InChI=1S/C25H18ClF3N2O3/c26-18-10-12-19(13-11-18)31-21(16-6-8-17(9-7-16)25(27,28)29)20-22(34-31)24(33)30(23(20)32)14-15-4-2-1-3-5-15/h1-13,20-22H,14H2/t20-,21-,22+/m1/s1.